The Morgan fingerprint density at radius 3 is 2.76 bits per heavy atom. The van der Waals surface area contributed by atoms with Crippen LogP contribution in [-0.4, -0.2) is 33.5 Å². The van der Waals surface area contributed by atoms with E-state index in [-0.39, 0.29) is 12.5 Å². The molecule has 5 heteroatoms. The van der Waals surface area contributed by atoms with Crippen LogP contribution < -0.4 is 0 Å². The molecule has 4 nitrogen and oxygen atoms in total. The molecule has 0 aliphatic heterocycles. The zero-order chi connectivity index (χ0) is 12.8. The minimum absolute atomic E-state index is 0.0456. The van der Waals surface area contributed by atoms with Gasteiger partial charge < -0.3 is 5.11 Å². The lowest BCUT2D eigenvalue weighted by Gasteiger charge is -2.25. The predicted octanol–water partition coefficient (Wildman–Crippen LogP) is 2.39. The lowest BCUT2D eigenvalue weighted by Crippen LogP contribution is -2.34. The van der Waals surface area contributed by atoms with Gasteiger partial charge in [0.1, 0.15) is 0 Å². The maximum atomic E-state index is 10.7. The SMILES string of the molecule is CCc1nc(CN(CC)C(C)CC(=O)O)cs1. The van der Waals surface area contributed by atoms with Gasteiger partial charge in [-0.15, -0.1) is 11.3 Å². The van der Waals surface area contributed by atoms with Gasteiger partial charge in [-0.3, -0.25) is 9.69 Å². The zero-order valence-electron chi connectivity index (χ0n) is 10.6. The maximum absolute atomic E-state index is 10.7. The van der Waals surface area contributed by atoms with Crippen LogP contribution in [0, 0.1) is 0 Å². The molecule has 0 amide bonds. The van der Waals surface area contributed by atoms with Gasteiger partial charge in [0.15, 0.2) is 0 Å². The number of aliphatic carboxylic acids is 1. The summed E-state index contributed by atoms with van der Waals surface area (Å²) in [5.41, 5.74) is 1.05. The average Bonchev–Trinajstić information content (AvgIpc) is 2.72. The van der Waals surface area contributed by atoms with Gasteiger partial charge in [-0.05, 0) is 19.9 Å². The second-order valence-corrected chi connectivity index (χ2v) is 5.04. The first-order valence-electron chi connectivity index (χ1n) is 5.95. The summed E-state index contributed by atoms with van der Waals surface area (Å²) in [5.74, 6) is -0.747. The van der Waals surface area contributed by atoms with Gasteiger partial charge in [-0.1, -0.05) is 13.8 Å². The largest absolute Gasteiger partial charge is 0.481 e. The Labute approximate surface area is 106 Å². The van der Waals surface area contributed by atoms with Crippen molar-refractivity contribution in [2.75, 3.05) is 6.54 Å². The molecular formula is C12H20N2O2S. The number of carboxylic acids is 1. The molecule has 0 fully saturated rings. The Morgan fingerprint density at radius 1 is 1.59 bits per heavy atom. The zero-order valence-corrected chi connectivity index (χ0v) is 11.5. The Bertz CT molecular complexity index is 365. The summed E-state index contributed by atoms with van der Waals surface area (Å²) in [6, 6.07) is 0.0456. The van der Waals surface area contributed by atoms with Crippen LogP contribution in [0.15, 0.2) is 5.38 Å². The molecule has 17 heavy (non-hydrogen) atoms. The summed E-state index contributed by atoms with van der Waals surface area (Å²) in [5, 5.41) is 12.0. The molecule has 1 heterocycles. The molecule has 1 unspecified atom stereocenters. The van der Waals surface area contributed by atoms with Gasteiger partial charge in [0.05, 0.1) is 17.1 Å². The van der Waals surface area contributed by atoms with E-state index in [0.717, 1.165) is 30.2 Å². The van der Waals surface area contributed by atoms with E-state index in [0.29, 0.717) is 0 Å². The van der Waals surface area contributed by atoms with E-state index in [1.54, 1.807) is 11.3 Å². The molecule has 0 aliphatic carbocycles. The summed E-state index contributed by atoms with van der Waals surface area (Å²) in [4.78, 5) is 17.3. The lowest BCUT2D eigenvalue weighted by molar-refractivity contribution is -0.138. The van der Waals surface area contributed by atoms with E-state index >= 15 is 0 Å². The third-order valence-electron chi connectivity index (χ3n) is 2.77. The van der Waals surface area contributed by atoms with E-state index < -0.39 is 5.97 Å². The molecule has 0 aromatic carbocycles. The first-order chi connectivity index (χ1) is 8.06. The third kappa shape index (κ3) is 4.44. The van der Waals surface area contributed by atoms with Crippen LogP contribution in [0.2, 0.25) is 0 Å². The number of aryl methyl sites for hydroxylation is 1. The molecular weight excluding hydrogens is 236 g/mol. The molecule has 1 aromatic heterocycles. The summed E-state index contributed by atoms with van der Waals surface area (Å²) in [7, 11) is 0. The average molecular weight is 256 g/mol. The predicted molar refractivity (Wildman–Crippen MR) is 69.3 cm³/mol. The van der Waals surface area contributed by atoms with Crippen LogP contribution in [-0.2, 0) is 17.8 Å². The Morgan fingerprint density at radius 2 is 2.29 bits per heavy atom. The second-order valence-electron chi connectivity index (χ2n) is 4.10. The van der Waals surface area contributed by atoms with Gasteiger partial charge in [-0.2, -0.15) is 0 Å². The number of carboxylic acid groups (broad SMARTS) is 1. The van der Waals surface area contributed by atoms with Crippen molar-refractivity contribution in [3.8, 4) is 0 Å². The molecule has 1 N–H and O–H groups in total. The lowest BCUT2D eigenvalue weighted by atomic mass is 10.2. The molecule has 96 valence electrons. The fourth-order valence-electron chi connectivity index (χ4n) is 1.75. The van der Waals surface area contributed by atoms with E-state index in [4.69, 9.17) is 5.11 Å². The van der Waals surface area contributed by atoms with Crippen LogP contribution in [0.3, 0.4) is 0 Å². The molecule has 0 radical (unpaired) electrons. The van der Waals surface area contributed by atoms with Crippen molar-refractivity contribution in [1.29, 1.82) is 0 Å². The highest BCUT2D eigenvalue weighted by Gasteiger charge is 2.16. The Kier molecular flexibility index (Phi) is 5.58. The summed E-state index contributed by atoms with van der Waals surface area (Å²) in [6.45, 7) is 7.66. The minimum Gasteiger partial charge on any atom is -0.481 e. The van der Waals surface area contributed by atoms with Crippen molar-refractivity contribution in [2.24, 2.45) is 0 Å². The Hall–Kier alpha value is -0.940. The molecule has 1 atom stereocenters. The fourth-order valence-corrected chi connectivity index (χ4v) is 2.49. The maximum Gasteiger partial charge on any atom is 0.304 e. The van der Waals surface area contributed by atoms with Crippen LogP contribution in [0.5, 0.6) is 0 Å². The van der Waals surface area contributed by atoms with Crippen LogP contribution in [0.1, 0.15) is 37.9 Å². The van der Waals surface area contributed by atoms with Crippen LogP contribution >= 0.6 is 11.3 Å². The van der Waals surface area contributed by atoms with Crippen molar-refractivity contribution < 1.29 is 9.90 Å². The topological polar surface area (TPSA) is 53.4 Å². The van der Waals surface area contributed by atoms with E-state index in [1.807, 2.05) is 13.8 Å². The molecule has 0 saturated heterocycles. The molecule has 0 aliphatic rings. The molecule has 1 rings (SSSR count). The third-order valence-corrected chi connectivity index (χ3v) is 3.81. The van der Waals surface area contributed by atoms with Gasteiger partial charge in [0, 0.05) is 18.0 Å². The molecule has 0 bridgehead atoms. The number of hydrogen-bond acceptors (Lipinski definition) is 4. The fraction of sp³-hybridized carbons (Fsp3) is 0.667. The second kappa shape index (κ2) is 6.71. The monoisotopic (exact) mass is 256 g/mol. The van der Waals surface area contributed by atoms with Crippen molar-refractivity contribution in [1.82, 2.24) is 9.88 Å². The van der Waals surface area contributed by atoms with E-state index in [2.05, 4.69) is 22.2 Å². The first-order valence-corrected chi connectivity index (χ1v) is 6.83. The van der Waals surface area contributed by atoms with Gasteiger partial charge >= 0.3 is 5.97 Å². The number of rotatable bonds is 7. The molecule has 0 saturated carbocycles. The quantitative estimate of drug-likeness (QED) is 0.814. The summed E-state index contributed by atoms with van der Waals surface area (Å²) in [6.07, 6.45) is 1.14. The van der Waals surface area contributed by atoms with Crippen LogP contribution in [0.4, 0.5) is 0 Å². The van der Waals surface area contributed by atoms with Gasteiger partial charge in [0.2, 0.25) is 0 Å². The highest BCUT2D eigenvalue weighted by atomic mass is 32.1. The highest BCUT2D eigenvalue weighted by Crippen LogP contribution is 2.14. The van der Waals surface area contributed by atoms with Crippen molar-refractivity contribution in [3.05, 3.63) is 16.1 Å². The van der Waals surface area contributed by atoms with E-state index in [1.165, 1.54) is 0 Å². The number of thiazole rings is 1. The normalized spacial score (nSPS) is 12.9. The number of nitrogens with zero attached hydrogens (tertiary/aromatic N) is 2. The molecule has 1 aromatic rings. The standard InChI is InChI=1S/C12H20N2O2S/c1-4-11-13-10(8-17-11)7-14(5-2)9(3)6-12(15)16/h8-9H,4-7H2,1-3H3,(H,15,16). The molecule has 0 spiro atoms. The van der Waals surface area contributed by atoms with E-state index in [9.17, 15) is 4.79 Å². The summed E-state index contributed by atoms with van der Waals surface area (Å²) >= 11 is 1.67. The first kappa shape index (κ1) is 14.1. The minimum atomic E-state index is -0.747. The Balaban J connectivity index is 2.59. The van der Waals surface area contributed by atoms with Gasteiger partial charge in [0.25, 0.3) is 0 Å². The summed E-state index contributed by atoms with van der Waals surface area (Å²) < 4.78 is 0. The van der Waals surface area contributed by atoms with Gasteiger partial charge in [-0.25, -0.2) is 4.98 Å². The van der Waals surface area contributed by atoms with Crippen molar-refractivity contribution >= 4 is 17.3 Å². The highest BCUT2D eigenvalue weighted by molar-refractivity contribution is 7.09. The van der Waals surface area contributed by atoms with Crippen LogP contribution in [0.25, 0.3) is 0 Å². The number of carbonyl (C=O) groups is 1. The smallest absolute Gasteiger partial charge is 0.304 e. The van der Waals surface area contributed by atoms with Crippen molar-refractivity contribution in [3.63, 3.8) is 0 Å². The van der Waals surface area contributed by atoms with Crippen molar-refractivity contribution in [2.45, 2.75) is 46.2 Å². The number of hydrogen-bond donors (Lipinski definition) is 1. The number of aromatic nitrogens is 1.